The van der Waals surface area contributed by atoms with Crippen molar-refractivity contribution in [3.8, 4) is 11.5 Å². The molecule has 0 saturated carbocycles. The molecule has 25 heavy (non-hydrogen) atoms. The van der Waals surface area contributed by atoms with Gasteiger partial charge in [0.05, 0.1) is 31.4 Å². The highest BCUT2D eigenvalue weighted by Crippen LogP contribution is 2.35. The van der Waals surface area contributed by atoms with Crippen LogP contribution in [0.1, 0.15) is 18.1 Å². The molecule has 0 aliphatic carbocycles. The summed E-state index contributed by atoms with van der Waals surface area (Å²) in [6.07, 6.45) is 1.75. The monoisotopic (exact) mass is 424 g/mol. The maximum atomic E-state index is 11.9. The van der Waals surface area contributed by atoms with Crippen LogP contribution in [0.4, 0.5) is 0 Å². The van der Waals surface area contributed by atoms with E-state index in [-0.39, 0.29) is 12.3 Å². The van der Waals surface area contributed by atoms with Crippen LogP contribution in [-0.2, 0) is 11.2 Å². The molecule has 0 saturated heterocycles. The fourth-order valence-corrected chi connectivity index (χ4v) is 2.64. The van der Waals surface area contributed by atoms with Crippen molar-refractivity contribution in [3.05, 3.63) is 57.0 Å². The zero-order chi connectivity index (χ0) is 18.2. The van der Waals surface area contributed by atoms with Crippen molar-refractivity contribution < 1.29 is 14.3 Å². The molecule has 0 heterocycles. The van der Waals surface area contributed by atoms with Gasteiger partial charge in [0.2, 0.25) is 5.91 Å². The largest absolute Gasteiger partial charge is 0.493 e. The van der Waals surface area contributed by atoms with Crippen LogP contribution in [0.3, 0.4) is 0 Å². The summed E-state index contributed by atoms with van der Waals surface area (Å²) in [5.74, 6) is 0.794. The number of benzene rings is 2. The minimum atomic E-state index is -0.206. The number of amides is 1. The van der Waals surface area contributed by atoms with Crippen molar-refractivity contribution in [2.24, 2.45) is 5.10 Å². The lowest BCUT2D eigenvalue weighted by Gasteiger charge is -2.11. The lowest BCUT2D eigenvalue weighted by atomic mass is 10.1. The van der Waals surface area contributed by atoms with Gasteiger partial charge in [-0.1, -0.05) is 39.7 Å². The Labute approximate surface area is 160 Å². The number of carbonyl (C=O) groups is 1. The maximum absolute atomic E-state index is 11.9. The van der Waals surface area contributed by atoms with Crippen molar-refractivity contribution in [2.75, 3.05) is 13.7 Å². The summed E-state index contributed by atoms with van der Waals surface area (Å²) in [6, 6.07) is 11.0. The van der Waals surface area contributed by atoms with E-state index >= 15 is 0 Å². The van der Waals surface area contributed by atoms with E-state index in [4.69, 9.17) is 21.1 Å². The number of carbonyl (C=O) groups excluding carboxylic acids is 1. The number of nitrogens with zero attached hydrogens (tertiary/aromatic N) is 1. The number of nitrogens with one attached hydrogen (secondary N) is 1. The van der Waals surface area contributed by atoms with E-state index in [1.54, 1.807) is 12.1 Å². The molecule has 0 bridgehead atoms. The summed E-state index contributed by atoms with van der Waals surface area (Å²) in [7, 11) is 1.54. The van der Waals surface area contributed by atoms with Gasteiger partial charge in [0.25, 0.3) is 0 Å². The van der Waals surface area contributed by atoms with E-state index in [0.717, 1.165) is 10.0 Å². The molecule has 0 radical (unpaired) electrons. The second-order valence-corrected chi connectivity index (χ2v) is 6.39. The lowest BCUT2D eigenvalue weighted by Crippen LogP contribution is -2.19. The molecule has 1 N–H and O–H groups in total. The molecule has 0 aliphatic heterocycles. The molecule has 0 aromatic heterocycles. The first kappa shape index (κ1) is 19.3. The van der Waals surface area contributed by atoms with E-state index in [0.29, 0.717) is 28.7 Å². The number of hydrazone groups is 1. The SMILES string of the molecule is CCOc1c(Cl)cc(/C=N/NC(=O)Cc2ccc(Br)cc2)cc1OC. The van der Waals surface area contributed by atoms with Crippen LogP contribution in [0, 0.1) is 0 Å². The Hall–Kier alpha value is -2.05. The standard InChI is InChI=1S/C18H18BrClN2O3/c1-3-25-18-15(20)8-13(9-16(18)24-2)11-21-22-17(23)10-12-4-6-14(19)7-5-12/h4-9,11H,3,10H2,1-2H3,(H,22,23)/b21-11+. The molecule has 0 fully saturated rings. The molecule has 0 unspecified atom stereocenters. The van der Waals surface area contributed by atoms with Crippen LogP contribution < -0.4 is 14.9 Å². The third-order valence-corrected chi connectivity index (χ3v) is 4.03. The van der Waals surface area contributed by atoms with Crippen molar-refractivity contribution in [2.45, 2.75) is 13.3 Å². The summed E-state index contributed by atoms with van der Waals surface area (Å²) < 4.78 is 11.7. The fraction of sp³-hybridized carbons (Fsp3) is 0.222. The van der Waals surface area contributed by atoms with Crippen molar-refractivity contribution in [1.29, 1.82) is 0 Å². The minimum absolute atomic E-state index is 0.206. The minimum Gasteiger partial charge on any atom is -0.493 e. The molecule has 132 valence electrons. The topological polar surface area (TPSA) is 59.9 Å². The number of rotatable bonds is 7. The van der Waals surface area contributed by atoms with Gasteiger partial charge in [-0.05, 0) is 42.3 Å². The fourth-order valence-electron chi connectivity index (χ4n) is 2.10. The highest BCUT2D eigenvalue weighted by atomic mass is 79.9. The zero-order valence-electron chi connectivity index (χ0n) is 13.9. The average Bonchev–Trinajstić information content (AvgIpc) is 2.59. The maximum Gasteiger partial charge on any atom is 0.244 e. The quantitative estimate of drug-likeness (QED) is 0.534. The summed E-state index contributed by atoms with van der Waals surface area (Å²) in [5.41, 5.74) is 4.09. The predicted molar refractivity (Wildman–Crippen MR) is 103 cm³/mol. The van der Waals surface area contributed by atoms with Crippen LogP contribution in [0.15, 0.2) is 46.0 Å². The van der Waals surface area contributed by atoms with E-state index in [2.05, 4.69) is 26.5 Å². The van der Waals surface area contributed by atoms with Crippen molar-refractivity contribution >= 4 is 39.7 Å². The average molecular weight is 426 g/mol. The Balaban J connectivity index is 2.00. The molecule has 2 aromatic rings. The second kappa shape index (κ2) is 9.44. The molecule has 1 amide bonds. The zero-order valence-corrected chi connectivity index (χ0v) is 16.2. The van der Waals surface area contributed by atoms with Gasteiger partial charge in [-0.3, -0.25) is 4.79 Å². The predicted octanol–water partition coefficient (Wildman–Crippen LogP) is 4.20. The summed E-state index contributed by atoms with van der Waals surface area (Å²) >= 11 is 9.55. The van der Waals surface area contributed by atoms with Crippen LogP contribution in [0.2, 0.25) is 5.02 Å². The lowest BCUT2D eigenvalue weighted by molar-refractivity contribution is -0.120. The number of halogens is 2. The Morgan fingerprint density at radius 2 is 2.04 bits per heavy atom. The second-order valence-electron chi connectivity index (χ2n) is 5.06. The Morgan fingerprint density at radius 1 is 1.32 bits per heavy atom. The highest BCUT2D eigenvalue weighted by molar-refractivity contribution is 9.10. The summed E-state index contributed by atoms with van der Waals surface area (Å²) in [5, 5.41) is 4.38. The van der Waals surface area contributed by atoms with E-state index in [1.807, 2.05) is 31.2 Å². The smallest absolute Gasteiger partial charge is 0.244 e. The van der Waals surface area contributed by atoms with Gasteiger partial charge < -0.3 is 9.47 Å². The van der Waals surface area contributed by atoms with E-state index < -0.39 is 0 Å². The van der Waals surface area contributed by atoms with Gasteiger partial charge in [-0.15, -0.1) is 0 Å². The third kappa shape index (κ3) is 5.76. The highest BCUT2D eigenvalue weighted by Gasteiger charge is 2.11. The molecular weight excluding hydrogens is 408 g/mol. The third-order valence-electron chi connectivity index (χ3n) is 3.22. The Bertz CT molecular complexity index is 764. The molecule has 0 atom stereocenters. The normalized spacial score (nSPS) is 10.7. The van der Waals surface area contributed by atoms with Crippen LogP contribution in [0.5, 0.6) is 11.5 Å². The Morgan fingerprint density at radius 3 is 2.68 bits per heavy atom. The molecule has 0 aliphatic rings. The van der Waals surface area contributed by atoms with Crippen molar-refractivity contribution in [1.82, 2.24) is 5.43 Å². The number of hydrogen-bond acceptors (Lipinski definition) is 4. The molecule has 0 spiro atoms. The van der Waals surface area contributed by atoms with E-state index in [9.17, 15) is 4.79 Å². The first-order valence-corrected chi connectivity index (χ1v) is 8.77. The van der Waals surface area contributed by atoms with Gasteiger partial charge in [0.1, 0.15) is 0 Å². The van der Waals surface area contributed by atoms with Gasteiger partial charge in [-0.25, -0.2) is 5.43 Å². The molecule has 2 rings (SSSR count). The van der Waals surface area contributed by atoms with Crippen LogP contribution >= 0.6 is 27.5 Å². The van der Waals surface area contributed by atoms with Gasteiger partial charge >= 0.3 is 0 Å². The van der Waals surface area contributed by atoms with Crippen LogP contribution in [-0.4, -0.2) is 25.8 Å². The molecule has 5 nitrogen and oxygen atoms in total. The van der Waals surface area contributed by atoms with Gasteiger partial charge in [0.15, 0.2) is 11.5 Å². The molecular formula is C18H18BrClN2O3. The van der Waals surface area contributed by atoms with Crippen LogP contribution in [0.25, 0.3) is 0 Å². The number of methoxy groups -OCH3 is 1. The van der Waals surface area contributed by atoms with Crippen molar-refractivity contribution in [3.63, 3.8) is 0 Å². The molecule has 2 aromatic carbocycles. The van der Waals surface area contributed by atoms with E-state index in [1.165, 1.54) is 13.3 Å². The first-order chi connectivity index (χ1) is 12.0. The van der Waals surface area contributed by atoms with Gasteiger partial charge in [0, 0.05) is 4.47 Å². The summed E-state index contributed by atoms with van der Waals surface area (Å²) in [6.45, 7) is 2.35. The number of ether oxygens (including phenoxy) is 2. The first-order valence-electron chi connectivity index (χ1n) is 7.60. The summed E-state index contributed by atoms with van der Waals surface area (Å²) in [4.78, 5) is 11.9. The Kier molecular flexibility index (Phi) is 7.28. The van der Waals surface area contributed by atoms with Gasteiger partial charge in [-0.2, -0.15) is 5.10 Å². The molecule has 7 heteroatoms. The number of hydrogen-bond donors (Lipinski definition) is 1.